The summed E-state index contributed by atoms with van der Waals surface area (Å²) in [6, 6.07) is 8.94. The van der Waals surface area contributed by atoms with Crippen LogP contribution in [-0.4, -0.2) is 67.2 Å². The molecule has 0 fully saturated rings. The van der Waals surface area contributed by atoms with Gasteiger partial charge in [0.25, 0.3) is 0 Å². The molecule has 10 nitrogen and oxygen atoms in total. The van der Waals surface area contributed by atoms with Crippen LogP contribution in [0.15, 0.2) is 30.3 Å². The Morgan fingerprint density at radius 3 is 1.90 bits per heavy atom. The topological polar surface area (TPSA) is 108 Å². The zero-order valence-electron chi connectivity index (χ0n) is 23.7. The molecule has 0 atom stereocenters. The van der Waals surface area contributed by atoms with Crippen LogP contribution in [0.3, 0.4) is 0 Å². The van der Waals surface area contributed by atoms with Gasteiger partial charge in [-0.15, -0.1) is 0 Å². The maximum Gasteiger partial charge on any atom is 0.343 e. The molecule has 2 rings (SSSR count). The van der Waals surface area contributed by atoms with E-state index in [0.717, 1.165) is 17.5 Å². The molecular weight excluding hydrogens is 508 g/mol. The van der Waals surface area contributed by atoms with Crippen molar-refractivity contribution >= 4 is 11.8 Å². The Morgan fingerprint density at radius 2 is 1.33 bits per heavy atom. The summed E-state index contributed by atoms with van der Waals surface area (Å²) in [5, 5.41) is 0. The normalized spacial score (nSPS) is 10.8. The van der Waals surface area contributed by atoms with E-state index in [1.165, 1.54) is 21.3 Å². The molecule has 2 aromatic rings. The molecule has 0 bridgehead atoms. The molecule has 0 heterocycles. The molecule has 0 saturated heterocycles. The lowest BCUT2D eigenvalue weighted by Gasteiger charge is -2.22. The van der Waals surface area contributed by atoms with E-state index in [1.54, 1.807) is 25.3 Å². The average Bonchev–Trinajstić information content (AvgIpc) is 2.93. The third-order valence-electron chi connectivity index (χ3n) is 5.65. The fourth-order valence-corrected chi connectivity index (χ4v) is 3.72. The first-order valence-electron chi connectivity index (χ1n) is 12.7. The van der Waals surface area contributed by atoms with Gasteiger partial charge in [0.15, 0.2) is 27.0 Å². The highest BCUT2D eigenvalue weighted by Gasteiger charge is 2.25. The highest BCUT2D eigenvalue weighted by atomic mass is 16.7. The van der Waals surface area contributed by atoms with E-state index < -0.39 is 5.97 Å². The Morgan fingerprint density at radius 1 is 0.744 bits per heavy atom. The van der Waals surface area contributed by atoms with Gasteiger partial charge in [-0.25, -0.2) is 4.79 Å². The number of hydrogen-bond donors (Lipinski definition) is 0. The van der Waals surface area contributed by atoms with Gasteiger partial charge in [0.1, 0.15) is 28.8 Å². The molecule has 10 heteroatoms. The van der Waals surface area contributed by atoms with Crippen molar-refractivity contribution in [2.24, 2.45) is 5.92 Å². The summed E-state index contributed by atoms with van der Waals surface area (Å²) in [7, 11) is 5.85. The number of esters is 1. The molecule has 0 amide bonds. The molecule has 0 aliphatic rings. The second kappa shape index (κ2) is 17.3. The smallest absolute Gasteiger partial charge is 0.343 e. The number of ketones is 1. The zero-order valence-corrected chi connectivity index (χ0v) is 23.7. The minimum atomic E-state index is -0.555. The lowest BCUT2D eigenvalue weighted by atomic mass is 9.94. The molecule has 0 spiro atoms. The number of carbonyl (C=O) groups is 2. The Bertz CT molecular complexity index is 1030. The second-order valence-electron chi connectivity index (χ2n) is 9.15. The Kier molecular flexibility index (Phi) is 14.1. The monoisotopic (exact) mass is 548 g/mol. The molecule has 0 saturated carbocycles. The van der Waals surface area contributed by atoms with Crippen LogP contribution in [0.2, 0.25) is 0 Å². The van der Waals surface area contributed by atoms with Crippen LogP contribution < -0.4 is 18.9 Å². The van der Waals surface area contributed by atoms with Gasteiger partial charge in [0.05, 0.1) is 7.11 Å². The predicted molar refractivity (Wildman–Crippen MR) is 143 cm³/mol. The molecule has 0 N–H and O–H groups in total. The third-order valence-corrected chi connectivity index (χ3v) is 5.65. The molecule has 2 aromatic carbocycles. The van der Waals surface area contributed by atoms with Crippen molar-refractivity contribution in [3.8, 4) is 23.0 Å². The quantitative estimate of drug-likeness (QED) is 0.188. The first-order valence-corrected chi connectivity index (χ1v) is 12.7. The van der Waals surface area contributed by atoms with Gasteiger partial charge in [-0.05, 0) is 36.5 Å². The number of methoxy groups -OCH3 is 4. The van der Waals surface area contributed by atoms with Gasteiger partial charge in [-0.1, -0.05) is 26.0 Å². The number of hydrogen-bond acceptors (Lipinski definition) is 10. The first kappa shape index (κ1) is 31.9. The van der Waals surface area contributed by atoms with Crippen molar-refractivity contribution in [2.45, 2.75) is 39.5 Å². The number of ether oxygens (including phenoxy) is 8. The first-order chi connectivity index (χ1) is 18.8. The van der Waals surface area contributed by atoms with E-state index in [1.807, 2.05) is 12.1 Å². The highest BCUT2D eigenvalue weighted by molar-refractivity contribution is 5.85. The maximum absolute atomic E-state index is 13.3. The summed E-state index contributed by atoms with van der Waals surface area (Å²) >= 11 is 0. The van der Waals surface area contributed by atoms with E-state index in [4.69, 9.17) is 37.9 Å². The minimum Gasteiger partial charge on any atom is -0.481 e. The molecule has 0 unspecified atom stereocenters. The van der Waals surface area contributed by atoms with Crippen molar-refractivity contribution in [1.29, 1.82) is 0 Å². The average molecular weight is 549 g/mol. The molecule has 216 valence electrons. The summed E-state index contributed by atoms with van der Waals surface area (Å²) in [5.41, 5.74) is 2.04. The largest absolute Gasteiger partial charge is 0.481 e. The highest BCUT2D eigenvalue weighted by Crippen LogP contribution is 2.41. The molecule has 39 heavy (non-hydrogen) atoms. The Balaban J connectivity index is 2.48. The second-order valence-corrected chi connectivity index (χ2v) is 9.15. The minimum absolute atomic E-state index is 0.00277. The van der Waals surface area contributed by atoms with E-state index in [2.05, 4.69) is 13.8 Å². The van der Waals surface area contributed by atoms with Gasteiger partial charge in [0.2, 0.25) is 0 Å². The van der Waals surface area contributed by atoms with Crippen LogP contribution in [0.5, 0.6) is 23.0 Å². The molecule has 0 radical (unpaired) electrons. The summed E-state index contributed by atoms with van der Waals surface area (Å²) < 4.78 is 43.1. The molecular formula is C29H40O10. The van der Waals surface area contributed by atoms with Gasteiger partial charge in [-0.3, -0.25) is 4.79 Å². The van der Waals surface area contributed by atoms with Gasteiger partial charge in [0, 0.05) is 51.4 Å². The fraction of sp³-hybridized carbons (Fsp3) is 0.517. The zero-order chi connectivity index (χ0) is 28.6. The molecule has 0 aliphatic heterocycles. The van der Waals surface area contributed by atoms with Crippen molar-refractivity contribution < 1.29 is 47.5 Å². The molecule has 0 aromatic heterocycles. The van der Waals surface area contributed by atoms with Crippen LogP contribution in [0.25, 0.3) is 0 Å². The number of Topliss-reactive ketones (excluding diaryl/α,β-unsaturated/α-hetero) is 1. The Labute approximate surface area is 230 Å². The summed E-state index contributed by atoms with van der Waals surface area (Å²) in [4.78, 5) is 25.3. The van der Waals surface area contributed by atoms with Gasteiger partial charge < -0.3 is 37.9 Å². The maximum atomic E-state index is 13.3. The van der Waals surface area contributed by atoms with Crippen molar-refractivity contribution in [2.75, 3.05) is 55.4 Å². The van der Waals surface area contributed by atoms with Crippen molar-refractivity contribution in [1.82, 2.24) is 0 Å². The SMILES string of the molecule is COCOc1ccc(CC(=O)Cc2c(OCOC)cc(OCOC)c(CCC(C)C)c2OCC(=O)OC)cc1. The fourth-order valence-electron chi connectivity index (χ4n) is 3.72. The van der Waals surface area contributed by atoms with E-state index in [9.17, 15) is 9.59 Å². The van der Waals surface area contributed by atoms with Gasteiger partial charge >= 0.3 is 5.97 Å². The molecule has 0 aliphatic carbocycles. The van der Waals surface area contributed by atoms with Gasteiger partial charge in [-0.2, -0.15) is 0 Å². The lowest BCUT2D eigenvalue weighted by molar-refractivity contribution is -0.142. The van der Waals surface area contributed by atoms with Crippen LogP contribution >= 0.6 is 0 Å². The van der Waals surface area contributed by atoms with Crippen LogP contribution in [-0.2, 0) is 47.8 Å². The lowest BCUT2D eigenvalue weighted by Crippen LogP contribution is -2.18. The van der Waals surface area contributed by atoms with Crippen LogP contribution in [0.1, 0.15) is 37.0 Å². The summed E-state index contributed by atoms with van der Waals surface area (Å²) in [5.74, 6) is 1.59. The Hall–Kier alpha value is -3.34. The van der Waals surface area contributed by atoms with Crippen LogP contribution in [0.4, 0.5) is 0 Å². The number of benzene rings is 2. The van der Waals surface area contributed by atoms with E-state index in [0.29, 0.717) is 40.9 Å². The van der Waals surface area contributed by atoms with Crippen LogP contribution in [0, 0.1) is 5.92 Å². The predicted octanol–water partition coefficient (Wildman–Crippen LogP) is 4.13. The number of carbonyl (C=O) groups excluding carboxylic acids is 2. The van der Waals surface area contributed by atoms with E-state index in [-0.39, 0.29) is 45.6 Å². The standard InChI is InChI=1S/C29H40O10/c1-20(2)7-12-24-26(38-18-33-4)15-27(39-19-34-5)25(29(24)36-16-28(31)35-6)14-22(30)13-21-8-10-23(11-9-21)37-17-32-3/h8-11,15,20H,7,12-14,16-19H2,1-6H3. The third kappa shape index (κ3) is 10.7. The van der Waals surface area contributed by atoms with Crippen molar-refractivity contribution in [3.63, 3.8) is 0 Å². The number of rotatable bonds is 19. The van der Waals surface area contributed by atoms with E-state index >= 15 is 0 Å². The summed E-state index contributed by atoms with van der Waals surface area (Å²) in [6.45, 7) is 3.95. The van der Waals surface area contributed by atoms with Crippen molar-refractivity contribution in [3.05, 3.63) is 47.0 Å². The summed E-state index contributed by atoms with van der Waals surface area (Å²) in [6.07, 6.45) is 1.58.